The van der Waals surface area contributed by atoms with Crippen molar-refractivity contribution in [3.8, 4) is 0 Å². The molecule has 0 unspecified atom stereocenters. The van der Waals surface area contributed by atoms with Crippen LogP contribution in [0.1, 0.15) is 30.9 Å². The molecule has 3 N–H and O–H groups in total. The molecule has 0 bridgehead atoms. The van der Waals surface area contributed by atoms with E-state index in [1.807, 2.05) is 0 Å². The molecule has 0 radical (unpaired) electrons. The Balaban J connectivity index is 1.54. The van der Waals surface area contributed by atoms with Crippen LogP contribution in [0, 0.1) is 11.8 Å². The Bertz CT molecular complexity index is 575. The molecule has 5 heteroatoms. The van der Waals surface area contributed by atoms with E-state index in [1.54, 1.807) is 13.8 Å². The highest BCUT2D eigenvalue weighted by atomic mass is 16.3. The third-order valence-electron chi connectivity index (χ3n) is 5.21. The lowest BCUT2D eigenvalue weighted by molar-refractivity contribution is 0.0936. The van der Waals surface area contributed by atoms with Crippen LogP contribution in [0.25, 0.3) is 0 Å². The fourth-order valence-electron chi connectivity index (χ4n) is 3.92. The molecule has 2 aliphatic rings. The molecule has 2 aliphatic carbocycles. The van der Waals surface area contributed by atoms with Crippen LogP contribution in [-0.2, 0) is 6.42 Å². The molecule has 0 spiro atoms. The van der Waals surface area contributed by atoms with Crippen molar-refractivity contribution in [2.45, 2.75) is 38.3 Å². The lowest BCUT2D eigenvalue weighted by atomic mass is 10.0. The van der Waals surface area contributed by atoms with Crippen molar-refractivity contribution < 1.29 is 15.0 Å². The van der Waals surface area contributed by atoms with Gasteiger partial charge in [-0.2, -0.15) is 0 Å². The molecule has 1 fully saturated rings. The van der Waals surface area contributed by atoms with E-state index in [9.17, 15) is 15.0 Å². The maximum Gasteiger partial charge on any atom is 0.317 e. The fraction of sp³-hybridized carbons (Fsp3) is 0.611. The van der Waals surface area contributed by atoms with Gasteiger partial charge in [-0.1, -0.05) is 24.3 Å². The summed E-state index contributed by atoms with van der Waals surface area (Å²) in [6.07, 6.45) is 0.508. The second-order valence-corrected chi connectivity index (χ2v) is 6.98. The predicted molar refractivity (Wildman–Crippen MR) is 88.2 cm³/mol. The molecule has 0 aromatic heterocycles. The fourth-order valence-corrected chi connectivity index (χ4v) is 3.92. The second kappa shape index (κ2) is 6.49. The molecule has 0 heterocycles. The van der Waals surface area contributed by atoms with Crippen LogP contribution >= 0.6 is 0 Å². The zero-order valence-corrected chi connectivity index (χ0v) is 13.8. The zero-order valence-electron chi connectivity index (χ0n) is 13.8. The Morgan fingerprint density at radius 1 is 1.39 bits per heavy atom. The summed E-state index contributed by atoms with van der Waals surface area (Å²) < 4.78 is 0. The SMILES string of the molecule is C[C@H](O)CN(C(=O)NC[C@@H]1[C@@H]2Cc3ccccc3[C@@H]12)[C@H](C)CO. The number of aliphatic hydroxyl groups is 2. The van der Waals surface area contributed by atoms with Gasteiger partial charge in [0.25, 0.3) is 0 Å². The number of carbonyl (C=O) groups is 1. The summed E-state index contributed by atoms with van der Waals surface area (Å²) in [5.41, 5.74) is 2.90. The first-order chi connectivity index (χ1) is 11.0. The molecule has 3 rings (SSSR count). The number of hydrogen-bond donors (Lipinski definition) is 3. The Kier molecular flexibility index (Phi) is 4.60. The number of amides is 2. The topological polar surface area (TPSA) is 72.8 Å². The monoisotopic (exact) mass is 318 g/mol. The van der Waals surface area contributed by atoms with E-state index in [2.05, 4.69) is 29.6 Å². The maximum absolute atomic E-state index is 12.4. The average molecular weight is 318 g/mol. The minimum atomic E-state index is -0.609. The average Bonchev–Trinajstić information content (AvgIpc) is 3.07. The molecule has 126 valence electrons. The molecular formula is C18H26N2O3. The summed E-state index contributed by atoms with van der Waals surface area (Å²) in [6.45, 7) is 4.21. The first-order valence-electron chi connectivity index (χ1n) is 8.44. The van der Waals surface area contributed by atoms with Crippen molar-refractivity contribution >= 4 is 6.03 Å². The van der Waals surface area contributed by atoms with Gasteiger partial charge in [-0.3, -0.25) is 0 Å². The highest BCUT2D eigenvalue weighted by Gasteiger charge is 2.55. The van der Waals surface area contributed by atoms with Crippen molar-refractivity contribution in [2.24, 2.45) is 11.8 Å². The van der Waals surface area contributed by atoms with Crippen LogP contribution in [0.4, 0.5) is 4.79 Å². The predicted octanol–water partition coefficient (Wildman–Crippen LogP) is 1.35. The van der Waals surface area contributed by atoms with Gasteiger partial charge in [0.1, 0.15) is 0 Å². The van der Waals surface area contributed by atoms with Crippen LogP contribution in [0.2, 0.25) is 0 Å². The summed E-state index contributed by atoms with van der Waals surface area (Å²) in [4.78, 5) is 13.9. The first-order valence-corrected chi connectivity index (χ1v) is 8.44. The number of benzene rings is 1. The molecule has 0 saturated heterocycles. The van der Waals surface area contributed by atoms with E-state index >= 15 is 0 Å². The van der Waals surface area contributed by atoms with E-state index in [-0.39, 0.29) is 25.2 Å². The van der Waals surface area contributed by atoms with Crippen LogP contribution < -0.4 is 5.32 Å². The third kappa shape index (κ3) is 3.21. The van der Waals surface area contributed by atoms with Crippen molar-refractivity contribution in [1.82, 2.24) is 10.2 Å². The molecule has 1 saturated carbocycles. The van der Waals surface area contributed by atoms with Crippen LogP contribution in [0.3, 0.4) is 0 Å². The molecule has 23 heavy (non-hydrogen) atoms. The van der Waals surface area contributed by atoms with Gasteiger partial charge in [0.2, 0.25) is 0 Å². The molecule has 1 aromatic carbocycles. The molecular weight excluding hydrogens is 292 g/mol. The smallest absolute Gasteiger partial charge is 0.317 e. The Labute approximate surface area is 137 Å². The zero-order chi connectivity index (χ0) is 16.6. The van der Waals surface area contributed by atoms with E-state index in [0.29, 0.717) is 24.3 Å². The number of carbonyl (C=O) groups excluding carboxylic acids is 1. The molecule has 5 nitrogen and oxygen atoms in total. The maximum atomic E-state index is 12.4. The number of nitrogens with one attached hydrogen (secondary N) is 1. The van der Waals surface area contributed by atoms with Crippen LogP contribution in [0.5, 0.6) is 0 Å². The van der Waals surface area contributed by atoms with Crippen molar-refractivity contribution in [2.75, 3.05) is 19.7 Å². The summed E-state index contributed by atoms with van der Waals surface area (Å²) in [7, 11) is 0. The van der Waals surface area contributed by atoms with Gasteiger partial charge in [-0.15, -0.1) is 0 Å². The van der Waals surface area contributed by atoms with Gasteiger partial charge >= 0.3 is 6.03 Å². The Hall–Kier alpha value is -1.59. The number of fused-ring (bicyclic) bond motifs is 3. The van der Waals surface area contributed by atoms with E-state index in [4.69, 9.17) is 0 Å². The lowest BCUT2D eigenvalue weighted by Gasteiger charge is -2.29. The second-order valence-electron chi connectivity index (χ2n) is 6.98. The largest absolute Gasteiger partial charge is 0.394 e. The van der Waals surface area contributed by atoms with E-state index < -0.39 is 6.10 Å². The van der Waals surface area contributed by atoms with Gasteiger partial charge in [-0.05, 0) is 49.1 Å². The number of aliphatic hydroxyl groups excluding tert-OH is 2. The highest BCUT2D eigenvalue weighted by molar-refractivity contribution is 5.74. The van der Waals surface area contributed by atoms with Crippen molar-refractivity contribution in [1.29, 1.82) is 0 Å². The number of hydrogen-bond acceptors (Lipinski definition) is 3. The van der Waals surface area contributed by atoms with E-state index in [1.165, 1.54) is 16.0 Å². The van der Waals surface area contributed by atoms with Gasteiger partial charge < -0.3 is 20.4 Å². The minimum Gasteiger partial charge on any atom is -0.394 e. The van der Waals surface area contributed by atoms with Gasteiger partial charge in [0, 0.05) is 13.1 Å². The summed E-state index contributed by atoms with van der Waals surface area (Å²) in [5, 5.41) is 21.8. The van der Waals surface area contributed by atoms with E-state index in [0.717, 1.165) is 6.42 Å². The normalized spacial score (nSPS) is 26.9. The highest BCUT2D eigenvalue weighted by Crippen LogP contribution is 2.60. The number of nitrogens with zero attached hydrogens (tertiary/aromatic N) is 1. The van der Waals surface area contributed by atoms with Crippen molar-refractivity contribution in [3.63, 3.8) is 0 Å². The molecule has 0 aliphatic heterocycles. The Morgan fingerprint density at radius 3 is 2.83 bits per heavy atom. The molecule has 2 amide bonds. The third-order valence-corrected chi connectivity index (χ3v) is 5.21. The van der Waals surface area contributed by atoms with Crippen LogP contribution in [-0.4, -0.2) is 53.0 Å². The standard InChI is InChI=1S/C18H26N2O3/c1-11(10-21)20(9-12(2)22)18(23)19-8-16-15-7-13-5-3-4-6-14(13)17(15)16/h3-6,11-12,15-17,21-22H,7-10H2,1-2H3,(H,19,23)/t11-,12+,15+,16-,17-/m1/s1. The van der Waals surface area contributed by atoms with Crippen LogP contribution in [0.15, 0.2) is 24.3 Å². The summed E-state index contributed by atoms with van der Waals surface area (Å²) in [6, 6.07) is 8.07. The van der Waals surface area contributed by atoms with Gasteiger partial charge in [0.15, 0.2) is 0 Å². The van der Waals surface area contributed by atoms with Gasteiger partial charge in [0.05, 0.1) is 18.8 Å². The quantitative estimate of drug-likeness (QED) is 0.741. The van der Waals surface area contributed by atoms with Crippen molar-refractivity contribution in [3.05, 3.63) is 35.4 Å². The lowest BCUT2D eigenvalue weighted by Crippen LogP contribution is -2.49. The van der Waals surface area contributed by atoms with Gasteiger partial charge in [-0.25, -0.2) is 4.79 Å². The minimum absolute atomic E-state index is 0.109. The summed E-state index contributed by atoms with van der Waals surface area (Å²) in [5.74, 6) is 1.77. The number of rotatable bonds is 6. The molecule has 1 aromatic rings. The first kappa shape index (κ1) is 16.3. The summed E-state index contributed by atoms with van der Waals surface area (Å²) >= 11 is 0. The molecule has 5 atom stereocenters. The Morgan fingerprint density at radius 2 is 2.13 bits per heavy atom. The number of urea groups is 1.